The molecule has 1 aromatic rings. The number of hydrazine groups is 1. The first-order chi connectivity index (χ1) is 9.97. The SMILES string of the molecule is C=CC=C(C)c1ccc(CN(N)CC(O)C(=O)OC)cc1. The molecule has 0 aliphatic heterocycles. The van der Waals surface area contributed by atoms with Gasteiger partial charge in [-0.05, 0) is 23.6 Å². The molecule has 0 bridgehead atoms. The molecule has 0 aliphatic rings. The van der Waals surface area contributed by atoms with Crippen LogP contribution in [0.4, 0.5) is 0 Å². The number of carbonyl (C=O) groups is 1. The van der Waals surface area contributed by atoms with Crippen LogP contribution in [0.15, 0.2) is 43.0 Å². The molecule has 0 saturated heterocycles. The van der Waals surface area contributed by atoms with Gasteiger partial charge in [0.2, 0.25) is 0 Å². The van der Waals surface area contributed by atoms with Crippen molar-refractivity contribution in [3.05, 3.63) is 54.1 Å². The zero-order valence-electron chi connectivity index (χ0n) is 12.5. The third kappa shape index (κ3) is 5.51. The molecular weight excluding hydrogens is 268 g/mol. The Kier molecular flexibility index (Phi) is 6.81. The number of esters is 1. The van der Waals surface area contributed by atoms with Crippen LogP contribution in [0.25, 0.3) is 5.57 Å². The fraction of sp³-hybridized carbons (Fsp3) is 0.312. The first kappa shape index (κ1) is 17.1. The lowest BCUT2D eigenvalue weighted by Gasteiger charge is -2.19. The quantitative estimate of drug-likeness (QED) is 0.344. The Labute approximate surface area is 125 Å². The summed E-state index contributed by atoms with van der Waals surface area (Å²) in [6.07, 6.45) is 2.45. The van der Waals surface area contributed by atoms with Crippen LogP contribution in [0.2, 0.25) is 0 Å². The first-order valence-electron chi connectivity index (χ1n) is 6.62. The molecule has 5 nitrogen and oxygen atoms in total. The standard InChI is InChI=1S/C16H22N2O3/c1-4-5-12(2)14-8-6-13(7-9-14)10-18(17)11-15(19)16(20)21-3/h4-9,15,19H,1,10-11,17H2,2-3H3. The van der Waals surface area contributed by atoms with Crippen molar-refractivity contribution in [3.63, 3.8) is 0 Å². The van der Waals surface area contributed by atoms with Gasteiger partial charge in [-0.2, -0.15) is 0 Å². The van der Waals surface area contributed by atoms with Gasteiger partial charge in [-0.15, -0.1) is 0 Å². The average molecular weight is 290 g/mol. The lowest BCUT2D eigenvalue weighted by molar-refractivity contribution is -0.151. The van der Waals surface area contributed by atoms with Gasteiger partial charge >= 0.3 is 5.97 Å². The van der Waals surface area contributed by atoms with Crippen molar-refractivity contribution in [2.75, 3.05) is 13.7 Å². The van der Waals surface area contributed by atoms with Gasteiger partial charge in [0, 0.05) is 6.54 Å². The highest BCUT2D eigenvalue weighted by Crippen LogP contribution is 2.15. The fourth-order valence-corrected chi connectivity index (χ4v) is 1.88. The number of aliphatic hydroxyl groups excluding tert-OH is 1. The molecule has 1 unspecified atom stereocenters. The molecule has 21 heavy (non-hydrogen) atoms. The van der Waals surface area contributed by atoms with Gasteiger partial charge < -0.3 is 9.84 Å². The molecule has 0 heterocycles. The third-order valence-corrected chi connectivity index (χ3v) is 3.04. The number of carbonyl (C=O) groups excluding carboxylic acids is 1. The number of rotatable bonds is 7. The number of allylic oxidation sites excluding steroid dienone is 3. The van der Waals surface area contributed by atoms with Crippen LogP contribution in [0, 0.1) is 0 Å². The van der Waals surface area contributed by atoms with E-state index in [1.807, 2.05) is 37.3 Å². The summed E-state index contributed by atoms with van der Waals surface area (Å²) >= 11 is 0. The zero-order valence-corrected chi connectivity index (χ0v) is 12.5. The Morgan fingerprint density at radius 3 is 2.62 bits per heavy atom. The number of ether oxygens (including phenoxy) is 1. The number of nitrogens with two attached hydrogens (primary N) is 1. The van der Waals surface area contributed by atoms with E-state index in [0.717, 1.165) is 16.7 Å². The van der Waals surface area contributed by atoms with Gasteiger partial charge in [-0.1, -0.05) is 43.0 Å². The van der Waals surface area contributed by atoms with E-state index in [1.165, 1.54) is 12.1 Å². The maximum atomic E-state index is 11.1. The molecule has 0 saturated carbocycles. The van der Waals surface area contributed by atoms with Crippen molar-refractivity contribution < 1.29 is 14.6 Å². The number of hydrogen-bond acceptors (Lipinski definition) is 5. The monoisotopic (exact) mass is 290 g/mol. The molecule has 0 radical (unpaired) electrons. The summed E-state index contributed by atoms with van der Waals surface area (Å²) in [5.41, 5.74) is 3.23. The number of nitrogens with zero attached hydrogens (tertiary/aromatic N) is 1. The molecule has 0 amide bonds. The number of hydrogen-bond donors (Lipinski definition) is 2. The normalized spacial score (nSPS) is 13.1. The minimum Gasteiger partial charge on any atom is -0.467 e. The molecule has 3 N–H and O–H groups in total. The third-order valence-electron chi connectivity index (χ3n) is 3.04. The Morgan fingerprint density at radius 2 is 2.10 bits per heavy atom. The molecule has 1 rings (SSSR count). The summed E-state index contributed by atoms with van der Waals surface area (Å²) in [5, 5.41) is 10.9. The van der Waals surface area contributed by atoms with Crippen molar-refractivity contribution in [3.8, 4) is 0 Å². The minimum absolute atomic E-state index is 0.0177. The summed E-state index contributed by atoms with van der Waals surface area (Å²) < 4.78 is 4.44. The summed E-state index contributed by atoms with van der Waals surface area (Å²) in [6.45, 7) is 6.13. The highest BCUT2D eigenvalue weighted by Gasteiger charge is 2.17. The van der Waals surface area contributed by atoms with Crippen LogP contribution in [0.1, 0.15) is 18.1 Å². The van der Waals surface area contributed by atoms with E-state index in [1.54, 1.807) is 6.08 Å². The minimum atomic E-state index is -1.24. The van der Waals surface area contributed by atoms with Crippen LogP contribution in [-0.4, -0.2) is 35.8 Å². The molecule has 0 aromatic heterocycles. The van der Waals surface area contributed by atoms with Crippen molar-refractivity contribution in [2.24, 2.45) is 5.84 Å². The molecule has 114 valence electrons. The zero-order chi connectivity index (χ0) is 15.8. The van der Waals surface area contributed by atoms with E-state index in [9.17, 15) is 9.90 Å². The second-order valence-electron chi connectivity index (χ2n) is 4.75. The van der Waals surface area contributed by atoms with Crippen molar-refractivity contribution in [1.82, 2.24) is 5.01 Å². The van der Waals surface area contributed by atoms with Crippen LogP contribution in [0.3, 0.4) is 0 Å². The smallest absolute Gasteiger partial charge is 0.336 e. The highest BCUT2D eigenvalue weighted by molar-refractivity contribution is 5.74. The van der Waals surface area contributed by atoms with Gasteiger partial charge in [0.1, 0.15) is 0 Å². The van der Waals surface area contributed by atoms with Crippen molar-refractivity contribution in [1.29, 1.82) is 0 Å². The first-order valence-corrected chi connectivity index (χ1v) is 6.62. The molecule has 5 heteroatoms. The second kappa shape index (κ2) is 8.36. The van der Waals surface area contributed by atoms with Crippen LogP contribution in [0.5, 0.6) is 0 Å². The molecule has 1 aromatic carbocycles. The topological polar surface area (TPSA) is 75.8 Å². The van der Waals surface area contributed by atoms with E-state index in [0.29, 0.717) is 6.54 Å². The molecule has 0 fully saturated rings. The molecule has 0 spiro atoms. The van der Waals surface area contributed by atoms with Gasteiger partial charge in [-0.25, -0.2) is 9.80 Å². The van der Waals surface area contributed by atoms with Gasteiger partial charge in [0.25, 0.3) is 0 Å². The predicted octanol–water partition coefficient (Wildman–Crippen LogP) is 1.49. The number of aliphatic hydroxyl groups is 1. The maximum Gasteiger partial charge on any atom is 0.336 e. The predicted molar refractivity (Wildman–Crippen MR) is 82.9 cm³/mol. The van der Waals surface area contributed by atoms with Crippen LogP contribution in [-0.2, 0) is 16.1 Å². The molecule has 0 aliphatic carbocycles. The van der Waals surface area contributed by atoms with Crippen LogP contribution < -0.4 is 5.84 Å². The summed E-state index contributed by atoms with van der Waals surface area (Å²) in [6, 6.07) is 7.91. The fourth-order valence-electron chi connectivity index (χ4n) is 1.88. The lowest BCUT2D eigenvalue weighted by atomic mass is 10.0. The van der Waals surface area contributed by atoms with E-state index in [2.05, 4.69) is 11.3 Å². The van der Waals surface area contributed by atoms with E-state index >= 15 is 0 Å². The van der Waals surface area contributed by atoms with E-state index in [-0.39, 0.29) is 6.54 Å². The highest BCUT2D eigenvalue weighted by atomic mass is 16.5. The van der Waals surface area contributed by atoms with Crippen molar-refractivity contribution in [2.45, 2.75) is 19.6 Å². The Balaban J connectivity index is 2.61. The van der Waals surface area contributed by atoms with Gasteiger partial charge in [0.15, 0.2) is 6.10 Å². The second-order valence-corrected chi connectivity index (χ2v) is 4.75. The summed E-state index contributed by atoms with van der Waals surface area (Å²) in [7, 11) is 1.23. The number of benzene rings is 1. The Morgan fingerprint density at radius 1 is 1.48 bits per heavy atom. The number of methoxy groups -OCH3 is 1. The Bertz CT molecular complexity index is 509. The van der Waals surface area contributed by atoms with Crippen molar-refractivity contribution >= 4 is 11.5 Å². The van der Waals surface area contributed by atoms with E-state index in [4.69, 9.17) is 5.84 Å². The molecular formula is C16H22N2O3. The average Bonchev–Trinajstić information content (AvgIpc) is 2.47. The maximum absolute atomic E-state index is 11.1. The van der Waals surface area contributed by atoms with E-state index < -0.39 is 12.1 Å². The largest absolute Gasteiger partial charge is 0.467 e. The molecule has 1 atom stereocenters. The summed E-state index contributed by atoms with van der Waals surface area (Å²) in [5.74, 6) is 5.10. The van der Waals surface area contributed by atoms with Crippen LogP contribution >= 0.6 is 0 Å². The lowest BCUT2D eigenvalue weighted by Crippen LogP contribution is -2.41. The Hall–Kier alpha value is -1.95. The van der Waals surface area contributed by atoms with Gasteiger partial charge in [0.05, 0.1) is 13.7 Å². The van der Waals surface area contributed by atoms with Gasteiger partial charge in [-0.3, -0.25) is 5.84 Å². The summed E-state index contributed by atoms with van der Waals surface area (Å²) in [4.78, 5) is 11.1.